The van der Waals surface area contributed by atoms with Gasteiger partial charge in [0.15, 0.2) is 0 Å². The van der Waals surface area contributed by atoms with Crippen molar-refractivity contribution in [2.24, 2.45) is 7.05 Å². The second-order valence-electron chi connectivity index (χ2n) is 4.68. The van der Waals surface area contributed by atoms with Crippen molar-refractivity contribution in [3.05, 3.63) is 12.2 Å². The normalized spacial score (nSPS) is 19.2. The highest BCUT2D eigenvalue weighted by molar-refractivity contribution is 7.88. The fraction of sp³-hybridized carbons (Fsp3) is 0.800. The lowest BCUT2D eigenvalue weighted by atomic mass is 10.1. The first-order valence-electron chi connectivity index (χ1n) is 5.98. The van der Waals surface area contributed by atoms with E-state index in [-0.39, 0.29) is 0 Å². The van der Waals surface area contributed by atoms with Gasteiger partial charge in [-0.1, -0.05) is 0 Å². The average Bonchev–Trinajstić information content (AvgIpc) is 2.72. The van der Waals surface area contributed by atoms with Crippen LogP contribution in [0.3, 0.4) is 0 Å². The Balaban J connectivity index is 1.79. The van der Waals surface area contributed by atoms with E-state index in [1.165, 1.54) is 10.6 Å². The number of nitrogens with one attached hydrogen (secondary N) is 1. The maximum Gasteiger partial charge on any atom is 0.211 e. The van der Waals surface area contributed by atoms with Gasteiger partial charge in [-0.05, 0) is 12.8 Å². The van der Waals surface area contributed by atoms with Crippen LogP contribution < -0.4 is 5.32 Å². The predicted octanol–water partition coefficient (Wildman–Crippen LogP) is -0.671. The Kier molecular flexibility index (Phi) is 3.98. The summed E-state index contributed by atoms with van der Waals surface area (Å²) in [6, 6.07) is 0.347. The average molecular weight is 273 g/mol. The van der Waals surface area contributed by atoms with E-state index in [4.69, 9.17) is 0 Å². The number of aromatic nitrogens is 3. The fourth-order valence-electron chi connectivity index (χ4n) is 2.09. The van der Waals surface area contributed by atoms with Crippen molar-refractivity contribution in [2.75, 3.05) is 19.3 Å². The Hall–Kier alpha value is -0.990. The summed E-state index contributed by atoms with van der Waals surface area (Å²) < 4.78 is 26.1. The highest BCUT2D eigenvalue weighted by Gasteiger charge is 2.24. The molecule has 0 spiro atoms. The molecule has 1 saturated heterocycles. The van der Waals surface area contributed by atoms with Crippen LogP contribution in [0.15, 0.2) is 6.33 Å². The van der Waals surface area contributed by atoms with Gasteiger partial charge in [0.1, 0.15) is 12.2 Å². The van der Waals surface area contributed by atoms with E-state index in [9.17, 15) is 8.42 Å². The molecule has 1 aromatic heterocycles. The van der Waals surface area contributed by atoms with Crippen LogP contribution in [0.1, 0.15) is 18.7 Å². The third-order valence-electron chi connectivity index (χ3n) is 3.28. The zero-order valence-corrected chi connectivity index (χ0v) is 11.5. The van der Waals surface area contributed by atoms with Gasteiger partial charge in [-0.3, -0.25) is 0 Å². The van der Waals surface area contributed by atoms with Crippen LogP contribution in [0.25, 0.3) is 0 Å². The lowest BCUT2D eigenvalue weighted by molar-refractivity contribution is 0.288. The molecule has 18 heavy (non-hydrogen) atoms. The van der Waals surface area contributed by atoms with Gasteiger partial charge in [0.05, 0.1) is 12.8 Å². The number of hydrogen-bond donors (Lipinski definition) is 1. The molecule has 1 N–H and O–H groups in total. The van der Waals surface area contributed by atoms with Gasteiger partial charge in [0.2, 0.25) is 10.0 Å². The molecule has 1 aliphatic heterocycles. The number of sulfonamides is 1. The van der Waals surface area contributed by atoms with Gasteiger partial charge in [0, 0.05) is 26.2 Å². The van der Waals surface area contributed by atoms with Gasteiger partial charge in [-0.25, -0.2) is 12.7 Å². The standard InChI is InChI=1S/C10H19N5O2S/c1-14-8-12-13-10(14)7-11-9-3-5-15(6-4-9)18(2,16)17/h8-9,11H,3-7H2,1-2H3. The molecule has 0 saturated carbocycles. The van der Waals surface area contributed by atoms with Gasteiger partial charge < -0.3 is 9.88 Å². The molecule has 1 aromatic rings. The molecule has 1 aliphatic rings. The van der Waals surface area contributed by atoms with Gasteiger partial charge in [-0.15, -0.1) is 10.2 Å². The summed E-state index contributed by atoms with van der Waals surface area (Å²) in [5.74, 6) is 0.889. The second-order valence-corrected chi connectivity index (χ2v) is 6.66. The van der Waals surface area contributed by atoms with Crippen molar-refractivity contribution in [1.82, 2.24) is 24.4 Å². The fourth-order valence-corrected chi connectivity index (χ4v) is 2.97. The van der Waals surface area contributed by atoms with Crippen molar-refractivity contribution in [1.29, 1.82) is 0 Å². The van der Waals surface area contributed by atoms with E-state index in [0.29, 0.717) is 25.7 Å². The number of hydrogen-bond acceptors (Lipinski definition) is 5. The molecule has 102 valence electrons. The van der Waals surface area contributed by atoms with E-state index >= 15 is 0 Å². The van der Waals surface area contributed by atoms with E-state index in [2.05, 4.69) is 15.5 Å². The van der Waals surface area contributed by atoms with Gasteiger partial charge >= 0.3 is 0 Å². The molecule has 0 aliphatic carbocycles. The predicted molar refractivity (Wildman–Crippen MR) is 67.3 cm³/mol. The van der Waals surface area contributed by atoms with E-state index in [1.807, 2.05) is 11.6 Å². The molecular formula is C10H19N5O2S. The molecule has 0 aromatic carbocycles. The summed E-state index contributed by atoms with van der Waals surface area (Å²) >= 11 is 0. The maximum atomic E-state index is 11.4. The Morgan fingerprint density at radius 2 is 2.11 bits per heavy atom. The van der Waals surface area contributed by atoms with Crippen molar-refractivity contribution in [2.45, 2.75) is 25.4 Å². The Morgan fingerprint density at radius 1 is 1.44 bits per heavy atom. The molecule has 1 fully saturated rings. The molecule has 0 radical (unpaired) electrons. The topological polar surface area (TPSA) is 80.1 Å². The smallest absolute Gasteiger partial charge is 0.211 e. The van der Waals surface area contributed by atoms with Crippen molar-refractivity contribution in [3.63, 3.8) is 0 Å². The minimum Gasteiger partial charge on any atom is -0.320 e. The molecule has 0 bridgehead atoms. The summed E-state index contributed by atoms with van der Waals surface area (Å²) in [7, 11) is -1.13. The lowest BCUT2D eigenvalue weighted by Crippen LogP contribution is -2.44. The number of rotatable bonds is 4. The molecule has 7 nitrogen and oxygen atoms in total. The quantitative estimate of drug-likeness (QED) is 0.787. The number of piperidine rings is 1. The minimum atomic E-state index is -3.04. The SMILES string of the molecule is Cn1cnnc1CNC1CCN(S(C)(=O)=O)CC1. The highest BCUT2D eigenvalue weighted by atomic mass is 32.2. The summed E-state index contributed by atoms with van der Waals surface area (Å²) in [4.78, 5) is 0. The van der Waals surface area contributed by atoms with E-state index in [1.54, 1.807) is 6.33 Å². The van der Waals surface area contributed by atoms with Crippen molar-refractivity contribution < 1.29 is 8.42 Å². The molecule has 0 atom stereocenters. The lowest BCUT2D eigenvalue weighted by Gasteiger charge is -2.30. The second kappa shape index (κ2) is 5.33. The van der Waals surface area contributed by atoms with E-state index < -0.39 is 10.0 Å². The molecule has 8 heteroatoms. The van der Waals surface area contributed by atoms with Crippen molar-refractivity contribution >= 4 is 10.0 Å². The van der Waals surface area contributed by atoms with E-state index in [0.717, 1.165) is 18.7 Å². The first-order valence-corrected chi connectivity index (χ1v) is 7.83. The van der Waals surface area contributed by atoms with Crippen LogP contribution in [0, 0.1) is 0 Å². The number of nitrogens with zero attached hydrogens (tertiary/aromatic N) is 4. The Morgan fingerprint density at radius 3 is 2.61 bits per heavy atom. The third kappa shape index (κ3) is 3.27. The van der Waals surface area contributed by atoms with Gasteiger partial charge in [0.25, 0.3) is 0 Å². The molecule has 2 heterocycles. The van der Waals surface area contributed by atoms with Crippen LogP contribution in [0.4, 0.5) is 0 Å². The first-order chi connectivity index (χ1) is 8.47. The monoisotopic (exact) mass is 273 g/mol. The van der Waals surface area contributed by atoms with Crippen LogP contribution >= 0.6 is 0 Å². The van der Waals surface area contributed by atoms with Crippen molar-refractivity contribution in [3.8, 4) is 0 Å². The third-order valence-corrected chi connectivity index (χ3v) is 4.58. The number of aryl methyl sites for hydroxylation is 1. The summed E-state index contributed by atoms with van der Waals surface area (Å²) in [5, 5.41) is 11.2. The van der Waals surface area contributed by atoms with Crippen LogP contribution in [-0.2, 0) is 23.6 Å². The molecule has 0 unspecified atom stereocenters. The summed E-state index contributed by atoms with van der Waals surface area (Å²) in [6.07, 6.45) is 4.61. The maximum absolute atomic E-state index is 11.4. The zero-order valence-electron chi connectivity index (χ0n) is 10.7. The minimum absolute atomic E-state index is 0.347. The summed E-state index contributed by atoms with van der Waals surface area (Å²) in [5.41, 5.74) is 0. The first kappa shape index (κ1) is 13.4. The van der Waals surface area contributed by atoms with Crippen LogP contribution in [-0.4, -0.2) is 52.9 Å². The summed E-state index contributed by atoms with van der Waals surface area (Å²) in [6.45, 7) is 1.85. The zero-order chi connectivity index (χ0) is 13.2. The molecule has 0 amide bonds. The Bertz CT molecular complexity index is 490. The highest BCUT2D eigenvalue weighted by Crippen LogP contribution is 2.13. The largest absolute Gasteiger partial charge is 0.320 e. The molecular weight excluding hydrogens is 254 g/mol. The van der Waals surface area contributed by atoms with Crippen LogP contribution in [0.5, 0.6) is 0 Å². The molecule has 2 rings (SSSR count). The van der Waals surface area contributed by atoms with Gasteiger partial charge in [-0.2, -0.15) is 0 Å². The van der Waals surface area contributed by atoms with Crippen LogP contribution in [0.2, 0.25) is 0 Å². The Labute approximate surface area is 107 Å².